The Labute approximate surface area is 136 Å². The summed E-state index contributed by atoms with van der Waals surface area (Å²) in [6.07, 6.45) is 5.44. The summed E-state index contributed by atoms with van der Waals surface area (Å²) in [5, 5.41) is 17.0. The molecular weight excluding hydrogens is 294 g/mol. The molecule has 1 aromatic heterocycles. The number of nitrogens with one attached hydrogen (secondary N) is 2. The van der Waals surface area contributed by atoms with Crippen molar-refractivity contribution in [1.82, 2.24) is 19.8 Å². The van der Waals surface area contributed by atoms with Gasteiger partial charge in [-0.1, -0.05) is 0 Å². The number of likely N-dealkylation sites (tertiary alicyclic amines) is 1. The van der Waals surface area contributed by atoms with E-state index in [1.54, 1.807) is 6.33 Å². The molecule has 7 heteroatoms. The Kier molecular flexibility index (Phi) is 5.30. The molecule has 2 fully saturated rings. The van der Waals surface area contributed by atoms with Crippen LogP contribution in [0.4, 0.5) is 5.82 Å². The maximum absolute atomic E-state index is 12.2. The summed E-state index contributed by atoms with van der Waals surface area (Å²) in [6.45, 7) is 6.01. The van der Waals surface area contributed by atoms with Gasteiger partial charge in [-0.3, -0.25) is 9.36 Å². The van der Waals surface area contributed by atoms with Gasteiger partial charge in [0.1, 0.15) is 5.82 Å². The minimum absolute atomic E-state index is 0.115. The monoisotopic (exact) mass is 321 g/mol. The van der Waals surface area contributed by atoms with Crippen LogP contribution in [0, 0.1) is 0 Å². The van der Waals surface area contributed by atoms with Gasteiger partial charge >= 0.3 is 0 Å². The first-order chi connectivity index (χ1) is 11.1. The summed E-state index contributed by atoms with van der Waals surface area (Å²) in [5.41, 5.74) is -0.919. The summed E-state index contributed by atoms with van der Waals surface area (Å²) in [7, 11) is 0. The fourth-order valence-electron chi connectivity index (χ4n) is 3.36. The maximum Gasteiger partial charge on any atom is 0.255 e. The molecule has 0 radical (unpaired) electrons. The highest BCUT2D eigenvalue weighted by molar-refractivity contribution is 5.31. The fourth-order valence-corrected chi connectivity index (χ4v) is 3.36. The van der Waals surface area contributed by atoms with Gasteiger partial charge < -0.3 is 20.6 Å². The van der Waals surface area contributed by atoms with Crippen LogP contribution in [-0.2, 0) is 6.54 Å². The van der Waals surface area contributed by atoms with Crippen molar-refractivity contribution >= 4 is 5.82 Å². The van der Waals surface area contributed by atoms with Gasteiger partial charge in [0.25, 0.3) is 5.56 Å². The van der Waals surface area contributed by atoms with Gasteiger partial charge in [-0.05, 0) is 51.9 Å². The smallest absolute Gasteiger partial charge is 0.255 e. The summed E-state index contributed by atoms with van der Waals surface area (Å²) in [5.74, 6) is 0.614. The van der Waals surface area contributed by atoms with Gasteiger partial charge in [-0.25, -0.2) is 4.98 Å². The number of nitrogens with zero attached hydrogens (tertiary/aromatic N) is 3. The molecule has 2 aliphatic heterocycles. The average molecular weight is 321 g/mol. The first-order valence-electron chi connectivity index (χ1n) is 8.60. The van der Waals surface area contributed by atoms with Gasteiger partial charge in [0.05, 0.1) is 18.5 Å². The molecule has 3 rings (SSSR count). The van der Waals surface area contributed by atoms with E-state index in [9.17, 15) is 9.90 Å². The molecule has 0 spiro atoms. The third kappa shape index (κ3) is 4.53. The molecule has 0 atom stereocenters. The molecule has 23 heavy (non-hydrogen) atoms. The number of aromatic nitrogens is 2. The molecule has 2 aliphatic rings. The molecule has 128 valence electrons. The normalized spacial score (nSPS) is 21.4. The number of piperidine rings is 1. The SMILES string of the molecule is O=c1cc(NCCN2CCCC2)ncn1CC1(O)CCNCC1. The van der Waals surface area contributed by atoms with Crippen molar-refractivity contribution in [2.24, 2.45) is 0 Å². The van der Waals surface area contributed by atoms with E-state index in [-0.39, 0.29) is 5.56 Å². The van der Waals surface area contributed by atoms with Crippen LogP contribution in [0.5, 0.6) is 0 Å². The average Bonchev–Trinajstić information content (AvgIpc) is 3.04. The van der Waals surface area contributed by atoms with E-state index in [4.69, 9.17) is 0 Å². The largest absolute Gasteiger partial charge is 0.388 e. The first kappa shape index (κ1) is 16.4. The second-order valence-electron chi connectivity index (χ2n) is 6.69. The zero-order valence-corrected chi connectivity index (χ0v) is 13.6. The van der Waals surface area contributed by atoms with E-state index in [2.05, 4.69) is 20.5 Å². The molecule has 3 heterocycles. The van der Waals surface area contributed by atoms with Crippen molar-refractivity contribution in [2.75, 3.05) is 44.6 Å². The molecular formula is C16H27N5O2. The van der Waals surface area contributed by atoms with Crippen LogP contribution in [0.2, 0.25) is 0 Å². The maximum atomic E-state index is 12.2. The first-order valence-corrected chi connectivity index (χ1v) is 8.60. The number of aliphatic hydroxyl groups is 1. The van der Waals surface area contributed by atoms with Crippen LogP contribution in [0.25, 0.3) is 0 Å². The quantitative estimate of drug-likeness (QED) is 0.677. The van der Waals surface area contributed by atoms with Gasteiger partial charge in [-0.2, -0.15) is 0 Å². The lowest BCUT2D eigenvalue weighted by atomic mass is 9.92. The third-order valence-corrected chi connectivity index (χ3v) is 4.81. The molecule has 3 N–H and O–H groups in total. The molecule has 0 amide bonds. The number of hydrogen-bond acceptors (Lipinski definition) is 6. The van der Waals surface area contributed by atoms with E-state index in [0.717, 1.165) is 26.2 Å². The highest BCUT2D eigenvalue weighted by Crippen LogP contribution is 2.19. The van der Waals surface area contributed by atoms with Crippen molar-refractivity contribution in [1.29, 1.82) is 0 Å². The minimum atomic E-state index is -0.804. The van der Waals surface area contributed by atoms with Crippen molar-refractivity contribution in [3.05, 3.63) is 22.7 Å². The molecule has 0 aromatic carbocycles. The van der Waals surface area contributed by atoms with E-state index in [1.165, 1.54) is 36.6 Å². The highest BCUT2D eigenvalue weighted by Gasteiger charge is 2.29. The Bertz CT molecular complexity index is 562. The van der Waals surface area contributed by atoms with Gasteiger partial charge in [0, 0.05) is 19.2 Å². The molecule has 0 unspecified atom stereocenters. The summed E-state index contributed by atoms with van der Waals surface area (Å²) < 4.78 is 1.51. The number of rotatable bonds is 6. The lowest BCUT2D eigenvalue weighted by Gasteiger charge is -2.32. The Morgan fingerprint density at radius 2 is 2.04 bits per heavy atom. The van der Waals surface area contributed by atoms with E-state index in [0.29, 0.717) is 25.2 Å². The second-order valence-corrected chi connectivity index (χ2v) is 6.69. The Hall–Kier alpha value is -1.44. The van der Waals surface area contributed by atoms with Crippen LogP contribution in [-0.4, -0.2) is 64.4 Å². The zero-order chi connectivity index (χ0) is 16.1. The third-order valence-electron chi connectivity index (χ3n) is 4.81. The Balaban J connectivity index is 1.53. The van der Waals surface area contributed by atoms with E-state index < -0.39 is 5.60 Å². The Morgan fingerprint density at radius 3 is 2.74 bits per heavy atom. The van der Waals surface area contributed by atoms with Crippen molar-refractivity contribution in [2.45, 2.75) is 37.8 Å². The van der Waals surface area contributed by atoms with Gasteiger partial charge in [0.15, 0.2) is 0 Å². The lowest BCUT2D eigenvalue weighted by Crippen LogP contribution is -2.46. The van der Waals surface area contributed by atoms with Crippen molar-refractivity contribution in [3.8, 4) is 0 Å². The second kappa shape index (κ2) is 7.42. The lowest BCUT2D eigenvalue weighted by molar-refractivity contribution is -0.00640. The highest BCUT2D eigenvalue weighted by atomic mass is 16.3. The molecule has 0 bridgehead atoms. The van der Waals surface area contributed by atoms with Gasteiger partial charge in [-0.15, -0.1) is 0 Å². The fraction of sp³-hybridized carbons (Fsp3) is 0.750. The van der Waals surface area contributed by atoms with Crippen molar-refractivity contribution < 1.29 is 5.11 Å². The number of anilines is 1. The summed E-state index contributed by atoms with van der Waals surface area (Å²) in [4.78, 5) is 18.9. The molecule has 0 saturated carbocycles. The topological polar surface area (TPSA) is 82.4 Å². The molecule has 0 aliphatic carbocycles. The van der Waals surface area contributed by atoms with Crippen LogP contribution in [0.1, 0.15) is 25.7 Å². The van der Waals surface area contributed by atoms with Crippen LogP contribution in [0.15, 0.2) is 17.2 Å². The molecule has 1 aromatic rings. The zero-order valence-electron chi connectivity index (χ0n) is 13.6. The summed E-state index contributed by atoms with van der Waals surface area (Å²) >= 11 is 0. The van der Waals surface area contributed by atoms with E-state index in [1.807, 2.05) is 0 Å². The summed E-state index contributed by atoms with van der Waals surface area (Å²) in [6, 6.07) is 1.52. The van der Waals surface area contributed by atoms with Crippen LogP contribution < -0.4 is 16.2 Å². The Morgan fingerprint density at radius 1 is 1.30 bits per heavy atom. The van der Waals surface area contributed by atoms with Crippen molar-refractivity contribution in [3.63, 3.8) is 0 Å². The molecule has 2 saturated heterocycles. The minimum Gasteiger partial charge on any atom is -0.388 e. The van der Waals surface area contributed by atoms with Crippen LogP contribution in [0.3, 0.4) is 0 Å². The number of hydrogen-bond donors (Lipinski definition) is 3. The molecule has 7 nitrogen and oxygen atoms in total. The van der Waals surface area contributed by atoms with E-state index >= 15 is 0 Å². The predicted molar refractivity (Wildman–Crippen MR) is 89.7 cm³/mol. The van der Waals surface area contributed by atoms with Crippen LogP contribution >= 0.6 is 0 Å². The standard InChI is InChI=1S/C16H27N5O2/c22-15-11-14(18-7-10-20-8-1-2-9-20)19-13-21(15)12-16(23)3-5-17-6-4-16/h11,13,17-18,23H,1-10,12H2. The predicted octanol–water partition coefficient (Wildman–Crippen LogP) is -0.134. The van der Waals surface area contributed by atoms with Gasteiger partial charge in [0.2, 0.25) is 0 Å².